The summed E-state index contributed by atoms with van der Waals surface area (Å²) >= 11 is 0. The summed E-state index contributed by atoms with van der Waals surface area (Å²) in [6.07, 6.45) is 0. The number of methoxy groups -OCH3 is 1. The molecule has 0 aliphatic rings. The van der Waals surface area contributed by atoms with Gasteiger partial charge >= 0.3 is 0 Å². The van der Waals surface area contributed by atoms with Crippen molar-refractivity contribution in [3.8, 4) is 0 Å². The van der Waals surface area contributed by atoms with Crippen molar-refractivity contribution in [2.75, 3.05) is 13.7 Å². The van der Waals surface area contributed by atoms with Gasteiger partial charge in [0.15, 0.2) is 0 Å². The van der Waals surface area contributed by atoms with Gasteiger partial charge in [-0.05, 0) is 25.1 Å². The molecule has 88 valence electrons. The third-order valence-corrected chi connectivity index (χ3v) is 2.08. The highest BCUT2D eigenvalue weighted by molar-refractivity contribution is 5.77. The van der Waals surface area contributed by atoms with Gasteiger partial charge in [0.25, 0.3) is 0 Å². The molecule has 0 spiro atoms. The molecule has 5 heteroatoms. The van der Waals surface area contributed by atoms with Crippen LogP contribution in [0, 0.1) is 11.6 Å². The Bertz CT molecular complexity index is 382. The lowest BCUT2D eigenvalue weighted by Gasteiger charge is -2.14. The van der Waals surface area contributed by atoms with E-state index >= 15 is 0 Å². The lowest BCUT2D eigenvalue weighted by Crippen LogP contribution is -2.30. The molecular weight excluding hydrogens is 216 g/mol. The number of hydrogen-bond donors (Lipinski definition) is 1. The minimum Gasteiger partial charge on any atom is -0.375 e. The zero-order valence-electron chi connectivity index (χ0n) is 9.09. The molecule has 1 rings (SSSR count). The number of halogens is 2. The van der Waals surface area contributed by atoms with Crippen LogP contribution in [-0.4, -0.2) is 19.6 Å². The third-order valence-electron chi connectivity index (χ3n) is 2.08. The molecular formula is C11H13F2NO2. The van der Waals surface area contributed by atoms with Gasteiger partial charge in [-0.1, -0.05) is 0 Å². The zero-order valence-corrected chi connectivity index (χ0v) is 9.09. The number of ether oxygens (including phenoxy) is 1. The maximum absolute atomic E-state index is 13.3. The summed E-state index contributed by atoms with van der Waals surface area (Å²) in [6.45, 7) is 1.46. The fraction of sp³-hybridized carbons (Fsp3) is 0.364. The van der Waals surface area contributed by atoms with Crippen LogP contribution in [0.15, 0.2) is 18.2 Å². The molecule has 0 aliphatic heterocycles. The highest BCUT2D eigenvalue weighted by Gasteiger charge is 2.14. The van der Waals surface area contributed by atoms with Gasteiger partial charge in [0.2, 0.25) is 5.91 Å². The average molecular weight is 229 g/mol. The Hall–Kier alpha value is -1.49. The van der Waals surface area contributed by atoms with Gasteiger partial charge in [-0.2, -0.15) is 0 Å². The minimum absolute atomic E-state index is 0.110. The van der Waals surface area contributed by atoms with Crippen molar-refractivity contribution in [2.45, 2.75) is 13.0 Å². The van der Waals surface area contributed by atoms with Crippen LogP contribution in [0.5, 0.6) is 0 Å². The molecule has 1 aromatic carbocycles. The SMILES string of the molecule is COCC(=O)NC(C)c1cc(F)ccc1F. The van der Waals surface area contributed by atoms with E-state index in [1.807, 2.05) is 0 Å². The number of amides is 1. The normalized spacial score (nSPS) is 12.2. The Kier molecular flexibility index (Phi) is 4.37. The molecule has 16 heavy (non-hydrogen) atoms. The van der Waals surface area contributed by atoms with E-state index in [1.54, 1.807) is 6.92 Å². The molecule has 0 saturated heterocycles. The second-order valence-corrected chi connectivity index (χ2v) is 3.39. The number of nitrogens with one attached hydrogen (secondary N) is 1. The Morgan fingerprint density at radius 1 is 1.50 bits per heavy atom. The molecule has 1 atom stereocenters. The van der Waals surface area contributed by atoms with Crippen LogP contribution in [-0.2, 0) is 9.53 Å². The van der Waals surface area contributed by atoms with E-state index in [0.29, 0.717) is 0 Å². The minimum atomic E-state index is -0.599. The first-order chi connectivity index (χ1) is 7.54. The van der Waals surface area contributed by atoms with Gasteiger partial charge < -0.3 is 10.1 Å². The van der Waals surface area contributed by atoms with Crippen LogP contribution in [0.2, 0.25) is 0 Å². The number of benzene rings is 1. The van der Waals surface area contributed by atoms with Gasteiger partial charge in [-0.3, -0.25) is 4.79 Å². The van der Waals surface area contributed by atoms with Crippen molar-refractivity contribution in [2.24, 2.45) is 0 Å². The molecule has 0 heterocycles. The van der Waals surface area contributed by atoms with Crippen LogP contribution >= 0.6 is 0 Å². The summed E-state index contributed by atoms with van der Waals surface area (Å²) in [5, 5.41) is 2.49. The van der Waals surface area contributed by atoms with E-state index in [0.717, 1.165) is 18.2 Å². The van der Waals surface area contributed by atoms with Crippen molar-refractivity contribution in [3.05, 3.63) is 35.4 Å². The molecule has 1 unspecified atom stereocenters. The van der Waals surface area contributed by atoms with E-state index in [9.17, 15) is 13.6 Å². The molecule has 1 aromatic rings. The molecule has 0 aliphatic carbocycles. The average Bonchev–Trinajstić information content (AvgIpc) is 2.21. The third kappa shape index (κ3) is 3.27. The van der Waals surface area contributed by atoms with Gasteiger partial charge in [0.1, 0.15) is 18.2 Å². The largest absolute Gasteiger partial charge is 0.375 e. The summed E-state index contributed by atoms with van der Waals surface area (Å²) in [4.78, 5) is 11.2. The van der Waals surface area contributed by atoms with Gasteiger partial charge in [-0.25, -0.2) is 8.78 Å². The van der Waals surface area contributed by atoms with Crippen molar-refractivity contribution >= 4 is 5.91 Å². The monoisotopic (exact) mass is 229 g/mol. The molecule has 3 nitrogen and oxygen atoms in total. The summed E-state index contributed by atoms with van der Waals surface area (Å²) in [6, 6.07) is 2.53. The van der Waals surface area contributed by atoms with Crippen LogP contribution in [0.3, 0.4) is 0 Å². The predicted octanol–water partition coefficient (Wildman–Crippen LogP) is 1.79. The summed E-state index contributed by atoms with van der Waals surface area (Å²) in [5.74, 6) is -1.46. The Balaban J connectivity index is 2.76. The van der Waals surface area contributed by atoms with Crippen LogP contribution in [0.1, 0.15) is 18.5 Å². The predicted molar refractivity (Wildman–Crippen MR) is 54.8 cm³/mol. The lowest BCUT2D eigenvalue weighted by atomic mass is 10.1. The standard InChI is InChI=1S/C11H13F2NO2/c1-7(14-11(15)6-16-2)9-5-8(12)3-4-10(9)13/h3-5,7H,6H2,1-2H3,(H,14,15). The number of carbonyl (C=O) groups excluding carboxylic acids is 1. The fourth-order valence-corrected chi connectivity index (χ4v) is 1.34. The Morgan fingerprint density at radius 3 is 2.81 bits per heavy atom. The summed E-state index contributed by atoms with van der Waals surface area (Å²) in [5.41, 5.74) is 0.115. The topological polar surface area (TPSA) is 38.3 Å². The van der Waals surface area contributed by atoms with Crippen molar-refractivity contribution in [1.29, 1.82) is 0 Å². The highest BCUT2D eigenvalue weighted by Crippen LogP contribution is 2.17. The van der Waals surface area contributed by atoms with Crippen LogP contribution in [0.4, 0.5) is 8.78 Å². The van der Waals surface area contributed by atoms with E-state index in [-0.39, 0.29) is 18.1 Å². The maximum Gasteiger partial charge on any atom is 0.246 e. The van der Waals surface area contributed by atoms with Crippen molar-refractivity contribution in [1.82, 2.24) is 5.32 Å². The second kappa shape index (κ2) is 5.55. The first-order valence-electron chi connectivity index (χ1n) is 4.78. The Labute approximate surface area is 92.4 Å². The summed E-state index contributed by atoms with van der Waals surface area (Å²) < 4.78 is 30.8. The van der Waals surface area contributed by atoms with Crippen molar-refractivity contribution < 1.29 is 18.3 Å². The van der Waals surface area contributed by atoms with E-state index in [1.165, 1.54) is 7.11 Å². The quantitative estimate of drug-likeness (QED) is 0.854. The van der Waals surface area contributed by atoms with Gasteiger partial charge in [0, 0.05) is 12.7 Å². The van der Waals surface area contributed by atoms with E-state index in [4.69, 9.17) is 0 Å². The van der Waals surface area contributed by atoms with E-state index in [2.05, 4.69) is 10.1 Å². The van der Waals surface area contributed by atoms with Gasteiger partial charge in [-0.15, -0.1) is 0 Å². The Morgan fingerprint density at radius 2 is 2.19 bits per heavy atom. The first-order valence-corrected chi connectivity index (χ1v) is 4.78. The molecule has 0 fully saturated rings. The van der Waals surface area contributed by atoms with Crippen LogP contribution in [0.25, 0.3) is 0 Å². The lowest BCUT2D eigenvalue weighted by molar-refractivity contribution is -0.125. The number of hydrogen-bond acceptors (Lipinski definition) is 2. The van der Waals surface area contributed by atoms with Crippen LogP contribution < -0.4 is 5.32 Å². The molecule has 1 amide bonds. The molecule has 0 radical (unpaired) electrons. The second-order valence-electron chi connectivity index (χ2n) is 3.39. The smallest absolute Gasteiger partial charge is 0.246 e. The van der Waals surface area contributed by atoms with E-state index < -0.39 is 17.7 Å². The summed E-state index contributed by atoms with van der Waals surface area (Å²) in [7, 11) is 1.38. The van der Waals surface area contributed by atoms with Gasteiger partial charge in [0.05, 0.1) is 6.04 Å². The molecule has 1 N–H and O–H groups in total. The van der Waals surface area contributed by atoms with Crippen molar-refractivity contribution in [3.63, 3.8) is 0 Å². The fourth-order valence-electron chi connectivity index (χ4n) is 1.34. The molecule has 0 bridgehead atoms. The molecule has 0 aromatic heterocycles. The highest BCUT2D eigenvalue weighted by atomic mass is 19.1. The molecule has 0 saturated carbocycles. The first kappa shape index (κ1) is 12.6. The number of carbonyl (C=O) groups is 1. The zero-order chi connectivity index (χ0) is 12.1. The maximum atomic E-state index is 13.3. The number of rotatable bonds is 4.